The number of hydrogen-bond acceptors (Lipinski definition) is 8. The minimum Gasteiger partial charge on any atom is -0.476 e. The molecule has 1 aliphatic carbocycles. The van der Waals surface area contributed by atoms with Crippen LogP contribution >= 0.6 is 11.3 Å². The molecule has 1 saturated heterocycles. The van der Waals surface area contributed by atoms with Crippen molar-refractivity contribution in [3.05, 3.63) is 46.4 Å². The van der Waals surface area contributed by atoms with Crippen LogP contribution in [0.1, 0.15) is 36.2 Å². The SMILES string of the molecule is CO/N=C(\C(=O)N[C@@H]1C(=O)N2C(C(=O)O)=C([n+]3cccc4c3CCC4)CC[C@H]12)c1csc(N)n1. The van der Waals surface area contributed by atoms with Crippen molar-refractivity contribution in [3.63, 3.8) is 0 Å². The lowest BCUT2D eigenvalue weighted by Crippen LogP contribution is -2.72. The molecule has 12 heteroatoms. The van der Waals surface area contributed by atoms with E-state index in [-0.39, 0.29) is 22.2 Å². The molecule has 0 spiro atoms. The number of fused-ring (bicyclic) bond motifs is 2. The van der Waals surface area contributed by atoms with Gasteiger partial charge in [0.2, 0.25) is 5.70 Å². The van der Waals surface area contributed by atoms with E-state index in [1.54, 1.807) is 5.38 Å². The van der Waals surface area contributed by atoms with Gasteiger partial charge < -0.3 is 21.0 Å². The van der Waals surface area contributed by atoms with Gasteiger partial charge in [-0.2, -0.15) is 4.57 Å². The number of nitrogen functional groups attached to an aromatic ring is 1. The highest BCUT2D eigenvalue weighted by molar-refractivity contribution is 7.13. The van der Waals surface area contributed by atoms with Gasteiger partial charge in [0.15, 0.2) is 28.4 Å². The summed E-state index contributed by atoms with van der Waals surface area (Å²) in [7, 11) is 1.30. The number of nitrogens with zero attached hydrogens (tertiary/aromatic N) is 4. The average molecular weight is 484 g/mol. The number of carboxylic acid groups (broad SMARTS) is 1. The number of nitrogens with two attached hydrogens (primary N) is 1. The second-order valence-electron chi connectivity index (χ2n) is 8.26. The minimum atomic E-state index is -1.17. The highest BCUT2D eigenvalue weighted by atomic mass is 32.1. The molecule has 11 nitrogen and oxygen atoms in total. The first kappa shape index (κ1) is 22.0. The van der Waals surface area contributed by atoms with Crippen LogP contribution in [0.4, 0.5) is 5.13 Å². The number of β-lactam (4-membered cyclic amide) rings is 1. The summed E-state index contributed by atoms with van der Waals surface area (Å²) in [5, 5.41) is 18.3. The Kier molecular flexibility index (Phi) is 5.52. The molecule has 0 saturated carbocycles. The summed E-state index contributed by atoms with van der Waals surface area (Å²) in [5.74, 6) is -2.29. The van der Waals surface area contributed by atoms with Crippen molar-refractivity contribution in [2.24, 2.45) is 5.16 Å². The molecule has 2 amide bonds. The van der Waals surface area contributed by atoms with E-state index in [1.165, 1.54) is 17.6 Å². The van der Waals surface area contributed by atoms with Gasteiger partial charge in [-0.15, -0.1) is 11.3 Å². The van der Waals surface area contributed by atoms with Crippen LogP contribution in [0.2, 0.25) is 0 Å². The third-order valence-corrected chi connectivity index (χ3v) is 7.08. The lowest BCUT2D eigenvalue weighted by Gasteiger charge is -2.48. The number of allylic oxidation sites excluding steroid dienone is 1. The molecule has 0 radical (unpaired) electrons. The summed E-state index contributed by atoms with van der Waals surface area (Å²) in [5.41, 5.74) is 8.64. The Hall–Kier alpha value is -3.80. The van der Waals surface area contributed by atoms with Gasteiger partial charge in [0, 0.05) is 29.9 Å². The van der Waals surface area contributed by atoms with Gasteiger partial charge in [-0.25, -0.2) is 9.78 Å². The van der Waals surface area contributed by atoms with Crippen LogP contribution in [0, 0.1) is 0 Å². The Balaban J connectivity index is 1.42. The number of anilines is 1. The standard InChI is InChI=1S/C22H22N6O5S/c1-33-26-16(12-10-34-22(23)24-12)19(29)25-17-14-7-8-15(18(21(31)32)28(14)20(17)30)27-9-3-5-11-4-2-6-13(11)27/h3,5,9-10,14,17H,2,4,6-8H2,1H3,(H3-,23,24,25,29,31,32)/p+1/b26-16-/t14-,17+/m1/s1. The lowest BCUT2D eigenvalue weighted by atomic mass is 9.85. The number of oxime groups is 1. The summed E-state index contributed by atoms with van der Waals surface area (Å²) < 4.78 is 1.93. The molecule has 0 bridgehead atoms. The maximum atomic E-state index is 13.1. The second kappa shape index (κ2) is 8.52. The van der Waals surface area contributed by atoms with Crippen LogP contribution in [-0.2, 0) is 32.1 Å². The molecule has 0 unspecified atom stereocenters. The van der Waals surface area contributed by atoms with Crippen LogP contribution < -0.4 is 15.6 Å². The predicted octanol–water partition coefficient (Wildman–Crippen LogP) is 0.295. The van der Waals surface area contributed by atoms with Gasteiger partial charge in [0.1, 0.15) is 18.8 Å². The third kappa shape index (κ3) is 3.50. The molecule has 2 atom stereocenters. The van der Waals surface area contributed by atoms with E-state index in [0.29, 0.717) is 18.5 Å². The van der Waals surface area contributed by atoms with Gasteiger partial charge in [-0.1, -0.05) is 5.16 Å². The molecule has 1 fully saturated rings. The first-order valence-electron chi connectivity index (χ1n) is 10.9. The van der Waals surface area contributed by atoms with Gasteiger partial charge in [0.25, 0.3) is 11.8 Å². The van der Waals surface area contributed by atoms with Gasteiger partial charge in [-0.05, 0) is 25.3 Å². The lowest BCUT2D eigenvalue weighted by molar-refractivity contribution is -0.593. The van der Waals surface area contributed by atoms with Crippen molar-refractivity contribution in [2.75, 3.05) is 12.8 Å². The number of nitrogens with one attached hydrogen (secondary N) is 1. The molecule has 0 aromatic carbocycles. The highest BCUT2D eigenvalue weighted by Gasteiger charge is 2.55. The summed E-state index contributed by atoms with van der Waals surface area (Å²) in [6, 6.07) is 2.63. The number of carbonyl (C=O) groups excluding carboxylic acids is 2. The minimum absolute atomic E-state index is 0.0323. The smallest absolute Gasteiger partial charge is 0.359 e. The van der Waals surface area contributed by atoms with Crippen molar-refractivity contribution in [2.45, 2.75) is 44.2 Å². The van der Waals surface area contributed by atoms with Crippen molar-refractivity contribution >= 4 is 45.7 Å². The quantitative estimate of drug-likeness (QED) is 0.231. The zero-order valence-electron chi connectivity index (χ0n) is 18.4. The second-order valence-corrected chi connectivity index (χ2v) is 9.15. The maximum Gasteiger partial charge on any atom is 0.359 e. The molecule has 2 aromatic heterocycles. The first-order valence-corrected chi connectivity index (χ1v) is 11.7. The molecule has 2 aliphatic heterocycles. The number of aliphatic carboxylic acids is 1. The molecule has 34 heavy (non-hydrogen) atoms. The van der Waals surface area contributed by atoms with Crippen molar-refractivity contribution < 1.29 is 28.9 Å². The van der Waals surface area contributed by atoms with Crippen molar-refractivity contribution in [3.8, 4) is 0 Å². The number of amides is 2. The number of aryl methyl sites for hydroxylation is 1. The zero-order valence-corrected chi connectivity index (χ0v) is 19.2. The fourth-order valence-electron chi connectivity index (χ4n) is 4.97. The molecule has 176 valence electrons. The van der Waals surface area contributed by atoms with E-state index in [0.717, 1.165) is 36.3 Å². The number of carbonyl (C=O) groups is 3. The van der Waals surface area contributed by atoms with Crippen LogP contribution in [0.25, 0.3) is 5.70 Å². The maximum absolute atomic E-state index is 13.1. The first-order chi connectivity index (χ1) is 16.4. The summed E-state index contributed by atoms with van der Waals surface area (Å²) in [6.07, 6.45) is 5.68. The van der Waals surface area contributed by atoms with Crippen LogP contribution in [0.15, 0.2) is 34.6 Å². The molecular formula is C22H23N6O5S+. The van der Waals surface area contributed by atoms with E-state index < -0.39 is 29.9 Å². The van der Waals surface area contributed by atoms with Gasteiger partial charge in [-0.3, -0.25) is 14.5 Å². The van der Waals surface area contributed by atoms with Gasteiger partial charge in [0.05, 0.1) is 6.04 Å². The molecular weight excluding hydrogens is 460 g/mol. The van der Waals surface area contributed by atoms with E-state index in [9.17, 15) is 19.5 Å². The monoisotopic (exact) mass is 483 g/mol. The molecule has 2 aromatic rings. The fourth-order valence-corrected chi connectivity index (χ4v) is 5.52. The molecule has 4 heterocycles. The summed E-state index contributed by atoms with van der Waals surface area (Å²) in [4.78, 5) is 48.4. The van der Waals surface area contributed by atoms with Crippen LogP contribution in [-0.4, -0.2) is 57.7 Å². The number of aromatic nitrogens is 2. The number of pyridine rings is 1. The predicted molar refractivity (Wildman–Crippen MR) is 121 cm³/mol. The number of carboxylic acids is 1. The summed E-state index contributed by atoms with van der Waals surface area (Å²) in [6.45, 7) is 0. The van der Waals surface area contributed by atoms with E-state index in [1.807, 2.05) is 16.8 Å². The van der Waals surface area contributed by atoms with E-state index in [2.05, 4.69) is 21.5 Å². The zero-order chi connectivity index (χ0) is 24.0. The average Bonchev–Trinajstić information content (AvgIpc) is 3.48. The topological polar surface area (TPSA) is 151 Å². The highest BCUT2D eigenvalue weighted by Crippen LogP contribution is 2.37. The number of rotatable bonds is 6. The van der Waals surface area contributed by atoms with Crippen LogP contribution in [0.3, 0.4) is 0 Å². The Labute approximate surface area is 198 Å². The van der Waals surface area contributed by atoms with Gasteiger partial charge >= 0.3 is 5.97 Å². The summed E-state index contributed by atoms with van der Waals surface area (Å²) >= 11 is 1.14. The van der Waals surface area contributed by atoms with Crippen LogP contribution in [0.5, 0.6) is 0 Å². The van der Waals surface area contributed by atoms with E-state index >= 15 is 0 Å². The van der Waals surface area contributed by atoms with E-state index in [4.69, 9.17) is 10.6 Å². The molecule has 3 aliphatic rings. The van der Waals surface area contributed by atoms with Crippen molar-refractivity contribution in [1.82, 2.24) is 15.2 Å². The third-order valence-electron chi connectivity index (χ3n) is 6.41. The molecule has 5 rings (SSSR count). The Morgan fingerprint density at radius 3 is 2.91 bits per heavy atom. The normalized spacial score (nSPS) is 21.6. The number of hydrogen-bond donors (Lipinski definition) is 3. The number of thiazole rings is 1. The molecule has 4 N–H and O–H groups in total. The van der Waals surface area contributed by atoms with Crippen molar-refractivity contribution in [1.29, 1.82) is 0 Å². The fraction of sp³-hybridized carbons (Fsp3) is 0.364. The Morgan fingerprint density at radius 2 is 2.21 bits per heavy atom. The Morgan fingerprint density at radius 1 is 1.38 bits per heavy atom. The Bertz CT molecular complexity index is 1270. The largest absolute Gasteiger partial charge is 0.476 e.